The van der Waals surface area contributed by atoms with E-state index in [0.29, 0.717) is 5.02 Å². The Morgan fingerprint density at radius 1 is 0.469 bits per heavy atom. The molecule has 0 unspecified atom stereocenters. The van der Waals surface area contributed by atoms with Crippen LogP contribution in [0.25, 0.3) is 36.9 Å². The van der Waals surface area contributed by atoms with Crippen LogP contribution in [-0.4, -0.2) is 68.2 Å². The fourth-order valence-electron chi connectivity index (χ4n) is 3.37. The van der Waals surface area contributed by atoms with E-state index in [-0.39, 0.29) is 115 Å². The molecule has 4 heterocycles. The van der Waals surface area contributed by atoms with Gasteiger partial charge in [-0.15, -0.1) is 0 Å². The maximum Gasteiger partial charge on any atom is 1.00 e. The molecule has 0 bridgehead atoms. The van der Waals surface area contributed by atoms with Crippen molar-refractivity contribution in [2.75, 3.05) is 0 Å². The molecule has 0 N–H and O–H groups in total. The van der Waals surface area contributed by atoms with Crippen molar-refractivity contribution in [3.8, 4) is 0 Å². The first-order chi connectivity index (χ1) is 29.2. The molecule has 0 spiro atoms. The fourth-order valence-corrected chi connectivity index (χ4v) is 4.17. The number of nitrogens with zero attached hydrogens (tertiary/aromatic N) is 13. The van der Waals surface area contributed by atoms with Crippen molar-refractivity contribution in [3.63, 3.8) is 0 Å². The number of hydrogen-bond acceptors (Lipinski definition) is 15. The number of aromatic nitrogens is 4. The van der Waals surface area contributed by atoms with Gasteiger partial charge in [0.15, 0.2) is 23.1 Å². The summed E-state index contributed by atoms with van der Waals surface area (Å²) in [6.07, 6.45) is 0. The zero-order chi connectivity index (χ0) is 49.1. The number of azide groups is 2. The molecule has 0 aromatic carbocycles. The first-order valence-corrected chi connectivity index (χ1v) is 20.4. The molecule has 4 rings (SSSR count). The molecule has 0 saturated carbocycles. The van der Waals surface area contributed by atoms with Gasteiger partial charge in [-0.25, -0.2) is 24.1 Å². The summed E-state index contributed by atoms with van der Waals surface area (Å²) in [7, 11) is 7.36. The number of halogens is 8. The van der Waals surface area contributed by atoms with Crippen LogP contribution >= 0.6 is 91.0 Å². The van der Waals surface area contributed by atoms with Gasteiger partial charge in [-0.05, 0) is 106 Å². The van der Waals surface area contributed by atoms with Crippen molar-refractivity contribution in [3.05, 3.63) is 141 Å². The van der Waals surface area contributed by atoms with Crippen molar-refractivity contribution in [1.82, 2.24) is 19.9 Å². The monoisotopic (exact) mass is 1060 g/mol. The van der Waals surface area contributed by atoms with Crippen LogP contribution in [0.1, 0.15) is 112 Å². The predicted octanol–water partition coefficient (Wildman–Crippen LogP) is 8.76. The first kappa shape index (κ1) is 63.6. The smallest absolute Gasteiger partial charge is 0.373 e. The summed E-state index contributed by atoms with van der Waals surface area (Å²) in [6, 6.07) is 10.4. The second kappa shape index (κ2) is 33.8. The van der Waals surface area contributed by atoms with Crippen molar-refractivity contribution in [1.29, 1.82) is 0 Å². The number of hydrogen-bond donors (Lipinski definition) is 0. The van der Waals surface area contributed by atoms with E-state index in [1.807, 2.05) is 0 Å². The Labute approximate surface area is 423 Å². The molecule has 32 heteroatoms. The second-order valence-electron chi connectivity index (χ2n) is 10.3. The molecule has 0 aliphatic rings. The molecular weight excluding hydrogens is 1050 g/mol. The van der Waals surface area contributed by atoms with Crippen LogP contribution in [0.4, 0.5) is 11.4 Å². The summed E-state index contributed by atoms with van der Waals surface area (Å²) in [5, 5.41) is 3.75. The Hall–Kier alpha value is -4.64. The molecule has 4 aromatic heterocycles. The van der Waals surface area contributed by atoms with E-state index in [1.54, 1.807) is 0 Å². The number of rotatable bonds is 10. The Morgan fingerprint density at radius 3 is 0.844 bits per heavy atom. The third-order valence-electron chi connectivity index (χ3n) is 5.77. The summed E-state index contributed by atoms with van der Waals surface area (Å²) in [5.74, 6) is -0.977. The number of carbonyl (C=O) groups is 8. The molecule has 0 amide bonds. The largest absolute Gasteiger partial charge is 1.00 e. The van der Waals surface area contributed by atoms with Gasteiger partial charge in [0.05, 0.1) is 0 Å². The molecule has 330 valence electrons. The van der Waals surface area contributed by atoms with E-state index in [9.17, 15) is 38.4 Å². The van der Waals surface area contributed by atoms with Crippen LogP contribution < -0.4 is 29.6 Å². The molecule has 0 fully saturated rings. The van der Waals surface area contributed by atoms with Gasteiger partial charge in [0.1, 0.15) is 45.6 Å². The van der Waals surface area contributed by atoms with Crippen LogP contribution in [-0.2, 0) is 9.23 Å². The molecule has 22 nitrogen and oxygen atoms in total. The van der Waals surface area contributed by atoms with E-state index in [2.05, 4.69) is 61.4 Å². The molecule has 0 aliphatic carbocycles. The maximum absolute atomic E-state index is 11.1. The summed E-state index contributed by atoms with van der Waals surface area (Å²) in [6.45, 7) is 5.41. The molecule has 64 heavy (non-hydrogen) atoms. The van der Waals surface area contributed by atoms with E-state index >= 15 is 0 Å². The minimum absolute atomic E-state index is 0. The predicted molar refractivity (Wildman–Crippen MR) is 235 cm³/mol. The van der Waals surface area contributed by atoms with Gasteiger partial charge in [0.25, 0.3) is 21.0 Å². The van der Waals surface area contributed by atoms with E-state index in [1.165, 1.54) is 69.0 Å². The van der Waals surface area contributed by atoms with Gasteiger partial charge < -0.3 is 11.1 Å². The minimum atomic E-state index is -1.67. The van der Waals surface area contributed by atoms with E-state index < -0.39 is 30.2 Å². The standard InChI is InChI=1S/C9H8ClNO2.C9H8N4O2.C7H2Cl3NO2.C7H2Cl2N4O2.Cl2OS.N3.Na/c1-5(12)8-3-7(10)4-9(11-8)6(2)13;1-5(14)8-3-7(12-13-10)4-9(11-8)6(2)15;8-3-1-4(6(9)12)11-5(2-3)7(10)13;8-6(14)4-1-3(12-13-10)2-5(11-4)7(9)15;1-4(2)3;1-3-2;/h3-4H,1-2H3;3-4H,1-2H3;1-2H;1-2H;;;/q;;;;;-1;+1. The van der Waals surface area contributed by atoms with Crippen molar-refractivity contribution in [2.45, 2.75) is 27.7 Å². The van der Waals surface area contributed by atoms with Crippen LogP contribution in [0, 0.1) is 0 Å². The van der Waals surface area contributed by atoms with Crippen LogP contribution in [0.5, 0.6) is 0 Å². The van der Waals surface area contributed by atoms with Crippen molar-refractivity contribution >= 4 is 156 Å². The Balaban J connectivity index is -0.000000735. The third-order valence-corrected chi connectivity index (χ3v) is 6.98. The van der Waals surface area contributed by atoms with Crippen LogP contribution in [0.2, 0.25) is 10.0 Å². The van der Waals surface area contributed by atoms with Crippen LogP contribution in [0.3, 0.4) is 0 Å². The summed E-state index contributed by atoms with van der Waals surface area (Å²) in [5.41, 5.74) is 30.2. The first-order valence-electron chi connectivity index (χ1n) is 15.3. The summed E-state index contributed by atoms with van der Waals surface area (Å²) >= 11 is 31.9. The number of Topliss-reactive ketones (excluding diaryl/α,β-unsaturated/α-hetero) is 4. The Bertz CT molecular complexity index is 2240. The van der Waals surface area contributed by atoms with Crippen molar-refractivity contribution < 1.29 is 72.1 Å². The average Bonchev–Trinajstić information content (AvgIpc) is 3.18. The number of pyridine rings is 4. The Morgan fingerprint density at radius 2 is 0.641 bits per heavy atom. The van der Waals surface area contributed by atoms with Gasteiger partial charge >= 0.3 is 29.6 Å². The molecule has 0 aliphatic heterocycles. The quantitative estimate of drug-likeness (QED) is 0.0358. The Kier molecular flexibility index (Phi) is 33.6. The molecule has 0 atom stereocenters. The molecule has 4 aromatic rings. The molecule has 0 radical (unpaired) electrons. The minimum Gasteiger partial charge on any atom is -0.373 e. The van der Waals surface area contributed by atoms with E-state index in [0.717, 1.165) is 12.1 Å². The normalized spacial score (nSPS) is 8.95. The van der Waals surface area contributed by atoms with E-state index in [4.69, 9.17) is 95.9 Å². The maximum atomic E-state index is 11.1. The van der Waals surface area contributed by atoms with Gasteiger partial charge in [0.2, 0.25) is 9.23 Å². The number of carbonyl (C=O) groups excluding carboxylic acids is 8. The SMILES string of the molecule is CC(=O)c1cc(Cl)cc(C(C)=O)n1.CC(=O)c1cc(N=[N+]=[N-])cc(C(C)=O)n1.O=C(Cl)c1cc(Cl)cc(C(=O)Cl)n1.O=S(Cl)Cl.[N-]=[N+]=Nc1cc(C(=O)Cl)nc(C(=O)Cl)c1.[N-]=[N+]=[N-].[Na+]. The number of ketones is 4. The molecular formula is C32H20Cl8N13NaO9S. The summed E-state index contributed by atoms with van der Waals surface area (Å²) < 4.78 is 9.09. The van der Waals surface area contributed by atoms with Gasteiger partial charge in [-0.3, -0.25) is 43.3 Å². The second-order valence-corrected chi connectivity index (χ2v) is 15.0. The van der Waals surface area contributed by atoms with Gasteiger partial charge in [-0.1, -0.05) is 33.4 Å². The zero-order valence-corrected chi connectivity index (χ0v) is 41.4. The molecule has 0 saturated heterocycles. The zero-order valence-electron chi connectivity index (χ0n) is 32.5. The third kappa shape index (κ3) is 27.5. The van der Waals surface area contributed by atoms with Gasteiger partial charge in [0, 0.05) is 80.3 Å². The fraction of sp³-hybridized carbons (Fsp3) is 0.125. The summed E-state index contributed by atoms with van der Waals surface area (Å²) in [4.78, 5) is 108. The van der Waals surface area contributed by atoms with Gasteiger partial charge in [-0.2, -0.15) is 0 Å². The van der Waals surface area contributed by atoms with Crippen molar-refractivity contribution in [2.24, 2.45) is 10.2 Å². The average molecular weight is 1070 g/mol. The van der Waals surface area contributed by atoms with Crippen LogP contribution in [0.15, 0.2) is 58.8 Å². The topological polar surface area (TPSA) is 361 Å².